The van der Waals surface area contributed by atoms with E-state index in [0.717, 1.165) is 42.3 Å². The van der Waals surface area contributed by atoms with E-state index in [-0.39, 0.29) is 0 Å². The van der Waals surface area contributed by atoms with E-state index in [0.29, 0.717) is 12.6 Å². The molecule has 2 aromatic heterocycles. The van der Waals surface area contributed by atoms with Gasteiger partial charge in [0, 0.05) is 25.3 Å². The van der Waals surface area contributed by atoms with Gasteiger partial charge in [-0.2, -0.15) is 5.10 Å². The predicted octanol–water partition coefficient (Wildman–Crippen LogP) is 2.38. The Labute approximate surface area is 134 Å². The Hall–Kier alpha value is -2.47. The third-order valence-corrected chi connectivity index (χ3v) is 4.22. The summed E-state index contributed by atoms with van der Waals surface area (Å²) in [6.07, 6.45) is 4.06. The number of para-hydroxylation sites is 2. The van der Waals surface area contributed by atoms with E-state index < -0.39 is 0 Å². The molecule has 3 aromatic rings. The Morgan fingerprint density at radius 2 is 2.17 bits per heavy atom. The summed E-state index contributed by atoms with van der Waals surface area (Å²) in [7, 11) is 0. The lowest BCUT2D eigenvalue weighted by molar-refractivity contribution is 0.479. The van der Waals surface area contributed by atoms with Gasteiger partial charge in [-0.25, -0.2) is 4.98 Å². The van der Waals surface area contributed by atoms with Crippen LogP contribution in [-0.2, 0) is 6.54 Å². The number of nitrogens with one attached hydrogen (secondary N) is 1. The molecule has 6 nitrogen and oxygen atoms in total. The standard InChI is InChI=1S/C17H19N5O/c1-2-7-15-14(6-1)20-17(23-15)12-18-11-13-5-4-10-22(13)16-8-3-9-19-21-16/h1-3,6-9,13,18H,4-5,10-12H2/t13-/m0/s1. The topological polar surface area (TPSA) is 67.1 Å². The fraction of sp³-hybridized carbons (Fsp3) is 0.353. The van der Waals surface area contributed by atoms with Crippen molar-refractivity contribution in [2.75, 3.05) is 18.0 Å². The Morgan fingerprint density at radius 3 is 3.04 bits per heavy atom. The molecule has 0 bridgehead atoms. The van der Waals surface area contributed by atoms with Gasteiger partial charge in [0.2, 0.25) is 5.89 Å². The first kappa shape index (κ1) is 14.1. The normalized spacial score (nSPS) is 17.9. The monoisotopic (exact) mass is 309 g/mol. The Kier molecular flexibility index (Phi) is 3.90. The van der Waals surface area contributed by atoms with Gasteiger partial charge in [-0.3, -0.25) is 0 Å². The summed E-state index contributed by atoms with van der Waals surface area (Å²) in [4.78, 5) is 6.81. The highest BCUT2D eigenvalue weighted by Gasteiger charge is 2.25. The van der Waals surface area contributed by atoms with Crippen molar-refractivity contribution in [3.8, 4) is 0 Å². The molecule has 0 unspecified atom stereocenters. The van der Waals surface area contributed by atoms with Crippen molar-refractivity contribution in [3.05, 3.63) is 48.5 Å². The van der Waals surface area contributed by atoms with Crippen LogP contribution in [0.15, 0.2) is 47.0 Å². The van der Waals surface area contributed by atoms with E-state index in [1.165, 1.54) is 6.42 Å². The quantitative estimate of drug-likeness (QED) is 0.780. The maximum atomic E-state index is 5.73. The first-order chi connectivity index (χ1) is 11.4. The van der Waals surface area contributed by atoms with Crippen molar-refractivity contribution in [3.63, 3.8) is 0 Å². The van der Waals surface area contributed by atoms with E-state index in [1.54, 1.807) is 6.20 Å². The largest absolute Gasteiger partial charge is 0.439 e. The zero-order chi connectivity index (χ0) is 15.5. The molecular formula is C17H19N5O. The second-order valence-electron chi connectivity index (χ2n) is 5.78. The van der Waals surface area contributed by atoms with Crippen LogP contribution in [0.4, 0.5) is 5.82 Å². The molecule has 1 fully saturated rings. The van der Waals surface area contributed by atoms with Crippen LogP contribution in [0.2, 0.25) is 0 Å². The van der Waals surface area contributed by atoms with Crippen LogP contribution >= 0.6 is 0 Å². The average molecular weight is 309 g/mol. The number of benzene rings is 1. The van der Waals surface area contributed by atoms with Gasteiger partial charge in [0.25, 0.3) is 0 Å². The third-order valence-electron chi connectivity index (χ3n) is 4.22. The number of anilines is 1. The predicted molar refractivity (Wildman–Crippen MR) is 88.1 cm³/mol. The van der Waals surface area contributed by atoms with Crippen LogP contribution in [0.1, 0.15) is 18.7 Å². The zero-order valence-corrected chi connectivity index (χ0v) is 12.9. The molecule has 1 aliphatic heterocycles. The van der Waals surface area contributed by atoms with Gasteiger partial charge in [-0.05, 0) is 37.1 Å². The Bertz CT molecular complexity index is 740. The van der Waals surface area contributed by atoms with Crippen molar-refractivity contribution in [1.82, 2.24) is 20.5 Å². The fourth-order valence-electron chi connectivity index (χ4n) is 3.14. The molecule has 0 aliphatic carbocycles. The summed E-state index contributed by atoms with van der Waals surface area (Å²) >= 11 is 0. The summed E-state index contributed by atoms with van der Waals surface area (Å²) in [6.45, 7) is 2.56. The van der Waals surface area contributed by atoms with Crippen LogP contribution < -0.4 is 10.2 Å². The van der Waals surface area contributed by atoms with Gasteiger partial charge in [0.1, 0.15) is 5.52 Å². The molecule has 4 rings (SSSR count). The number of hydrogen-bond acceptors (Lipinski definition) is 6. The van der Waals surface area contributed by atoms with E-state index in [9.17, 15) is 0 Å². The average Bonchev–Trinajstić information content (AvgIpc) is 3.22. The van der Waals surface area contributed by atoms with Crippen molar-refractivity contribution in [2.45, 2.75) is 25.4 Å². The fourth-order valence-corrected chi connectivity index (χ4v) is 3.14. The number of fused-ring (bicyclic) bond motifs is 1. The summed E-state index contributed by atoms with van der Waals surface area (Å²) in [6, 6.07) is 12.2. The molecule has 0 amide bonds. The maximum absolute atomic E-state index is 5.73. The molecule has 1 saturated heterocycles. The molecule has 1 N–H and O–H groups in total. The van der Waals surface area contributed by atoms with Crippen LogP contribution in [-0.4, -0.2) is 34.3 Å². The minimum absolute atomic E-state index is 0.441. The molecule has 1 aliphatic rings. The number of rotatable bonds is 5. The molecule has 118 valence electrons. The number of nitrogens with zero attached hydrogens (tertiary/aromatic N) is 4. The third kappa shape index (κ3) is 3.03. The molecule has 0 saturated carbocycles. The van der Waals surface area contributed by atoms with Crippen molar-refractivity contribution in [2.24, 2.45) is 0 Å². The van der Waals surface area contributed by atoms with Gasteiger partial charge >= 0.3 is 0 Å². The first-order valence-electron chi connectivity index (χ1n) is 8.00. The van der Waals surface area contributed by atoms with E-state index in [1.807, 2.05) is 36.4 Å². The second-order valence-corrected chi connectivity index (χ2v) is 5.78. The summed E-state index contributed by atoms with van der Waals surface area (Å²) in [5.74, 6) is 1.69. The molecule has 3 heterocycles. The molecule has 0 spiro atoms. The highest BCUT2D eigenvalue weighted by molar-refractivity contribution is 5.72. The van der Waals surface area contributed by atoms with Crippen LogP contribution in [0.3, 0.4) is 0 Å². The molecule has 6 heteroatoms. The van der Waals surface area contributed by atoms with Crippen LogP contribution in [0.5, 0.6) is 0 Å². The van der Waals surface area contributed by atoms with Crippen LogP contribution in [0.25, 0.3) is 11.1 Å². The van der Waals surface area contributed by atoms with Gasteiger partial charge in [-0.15, -0.1) is 5.10 Å². The number of aromatic nitrogens is 3. The zero-order valence-electron chi connectivity index (χ0n) is 12.9. The lowest BCUT2D eigenvalue weighted by Gasteiger charge is -2.25. The molecule has 0 radical (unpaired) electrons. The van der Waals surface area contributed by atoms with Crippen molar-refractivity contribution in [1.29, 1.82) is 0 Å². The van der Waals surface area contributed by atoms with E-state index in [4.69, 9.17) is 4.42 Å². The lowest BCUT2D eigenvalue weighted by atomic mass is 10.2. The Balaban J connectivity index is 1.37. The van der Waals surface area contributed by atoms with E-state index in [2.05, 4.69) is 25.4 Å². The van der Waals surface area contributed by atoms with Gasteiger partial charge in [0.15, 0.2) is 11.4 Å². The van der Waals surface area contributed by atoms with Crippen LogP contribution in [0, 0.1) is 0 Å². The maximum Gasteiger partial charge on any atom is 0.209 e. The molecule has 23 heavy (non-hydrogen) atoms. The lowest BCUT2D eigenvalue weighted by Crippen LogP contribution is -2.38. The van der Waals surface area contributed by atoms with E-state index >= 15 is 0 Å². The smallest absolute Gasteiger partial charge is 0.209 e. The first-order valence-corrected chi connectivity index (χ1v) is 8.00. The summed E-state index contributed by atoms with van der Waals surface area (Å²) < 4.78 is 5.73. The highest BCUT2D eigenvalue weighted by atomic mass is 16.3. The van der Waals surface area contributed by atoms with Gasteiger partial charge in [-0.1, -0.05) is 12.1 Å². The van der Waals surface area contributed by atoms with Crippen molar-refractivity contribution < 1.29 is 4.42 Å². The molecule has 1 atom stereocenters. The highest BCUT2D eigenvalue weighted by Crippen LogP contribution is 2.22. The van der Waals surface area contributed by atoms with Gasteiger partial charge in [0.05, 0.1) is 6.54 Å². The minimum Gasteiger partial charge on any atom is -0.439 e. The van der Waals surface area contributed by atoms with Crippen molar-refractivity contribution >= 4 is 16.9 Å². The summed E-state index contributed by atoms with van der Waals surface area (Å²) in [5.41, 5.74) is 1.75. The number of oxazole rings is 1. The Morgan fingerprint density at radius 1 is 1.22 bits per heavy atom. The summed E-state index contributed by atoms with van der Waals surface area (Å²) in [5, 5.41) is 11.7. The second kappa shape index (κ2) is 6.34. The molecular weight excluding hydrogens is 290 g/mol. The molecule has 1 aromatic carbocycles. The minimum atomic E-state index is 0.441. The van der Waals surface area contributed by atoms with Gasteiger partial charge < -0.3 is 14.6 Å². The SMILES string of the molecule is c1cnnc(N2CCC[C@H]2CNCc2nc3ccccc3o2)c1. The number of hydrogen-bond donors (Lipinski definition) is 1.